The zero-order chi connectivity index (χ0) is 9.84. The minimum absolute atomic E-state index is 0.296. The van der Waals surface area contributed by atoms with Gasteiger partial charge in [0.2, 0.25) is 0 Å². The summed E-state index contributed by atoms with van der Waals surface area (Å²) in [6.45, 7) is 1.67. The number of thiocarbonyl (C=S) groups is 1. The minimum atomic E-state index is -0.296. The second-order valence-corrected chi connectivity index (χ2v) is 3.11. The number of benzene rings is 1. The third kappa shape index (κ3) is 2.91. The summed E-state index contributed by atoms with van der Waals surface area (Å²) in [6, 6.07) is 5.78. The van der Waals surface area contributed by atoms with Crippen molar-refractivity contribution in [2.24, 2.45) is 10.7 Å². The van der Waals surface area contributed by atoms with E-state index in [0.29, 0.717) is 16.4 Å². The zero-order valence-corrected chi connectivity index (χ0v) is 7.94. The van der Waals surface area contributed by atoms with Crippen molar-refractivity contribution < 1.29 is 4.39 Å². The molecule has 0 radical (unpaired) electrons. The van der Waals surface area contributed by atoms with Crippen LogP contribution < -0.4 is 5.73 Å². The van der Waals surface area contributed by atoms with Gasteiger partial charge in [0.1, 0.15) is 16.6 Å². The lowest BCUT2D eigenvalue weighted by atomic mass is 10.2. The number of nitrogens with two attached hydrogens (primary N) is 1. The molecule has 0 unspecified atom stereocenters. The van der Waals surface area contributed by atoms with Gasteiger partial charge in [0, 0.05) is 5.56 Å². The molecule has 68 valence electrons. The highest BCUT2D eigenvalue weighted by atomic mass is 32.1. The van der Waals surface area contributed by atoms with E-state index < -0.39 is 0 Å². The van der Waals surface area contributed by atoms with E-state index >= 15 is 0 Å². The summed E-state index contributed by atoms with van der Waals surface area (Å²) in [4.78, 5) is 4.34. The van der Waals surface area contributed by atoms with Gasteiger partial charge < -0.3 is 5.73 Å². The van der Waals surface area contributed by atoms with Gasteiger partial charge in [-0.25, -0.2) is 9.38 Å². The molecule has 2 nitrogen and oxygen atoms in total. The highest BCUT2D eigenvalue weighted by Gasteiger charge is 1.97. The van der Waals surface area contributed by atoms with Gasteiger partial charge >= 0.3 is 0 Å². The Morgan fingerprint density at radius 1 is 1.38 bits per heavy atom. The van der Waals surface area contributed by atoms with E-state index in [9.17, 15) is 4.39 Å². The largest absolute Gasteiger partial charge is 0.383 e. The van der Waals surface area contributed by atoms with Gasteiger partial charge in [0.15, 0.2) is 0 Å². The van der Waals surface area contributed by atoms with Crippen molar-refractivity contribution in [2.45, 2.75) is 6.92 Å². The van der Waals surface area contributed by atoms with Crippen LogP contribution in [-0.2, 0) is 0 Å². The summed E-state index contributed by atoms with van der Waals surface area (Å²) in [7, 11) is 0. The fourth-order valence-electron chi connectivity index (χ4n) is 0.855. The average Bonchev–Trinajstić information content (AvgIpc) is 2.04. The van der Waals surface area contributed by atoms with Crippen molar-refractivity contribution in [3.05, 3.63) is 35.6 Å². The number of hydrogen-bond donors (Lipinski definition) is 1. The first kappa shape index (κ1) is 9.80. The van der Waals surface area contributed by atoms with E-state index in [0.717, 1.165) is 0 Å². The Hall–Kier alpha value is -1.29. The summed E-state index contributed by atoms with van der Waals surface area (Å²) in [6.07, 6.45) is 0. The molecule has 0 heterocycles. The van der Waals surface area contributed by atoms with E-state index in [1.807, 2.05) is 0 Å². The van der Waals surface area contributed by atoms with Crippen molar-refractivity contribution in [1.82, 2.24) is 0 Å². The van der Waals surface area contributed by atoms with Crippen LogP contribution in [0.4, 0.5) is 4.39 Å². The van der Waals surface area contributed by atoms with Crippen molar-refractivity contribution in [2.75, 3.05) is 0 Å². The van der Waals surface area contributed by atoms with Crippen molar-refractivity contribution in [3.63, 3.8) is 0 Å². The molecular weight excluding hydrogens is 187 g/mol. The number of nitrogens with zero attached hydrogens (tertiary/aromatic N) is 1. The molecule has 0 aliphatic heterocycles. The maximum Gasteiger partial charge on any atom is 0.131 e. The number of aliphatic imine (C=N–C) groups is 1. The first-order chi connectivity index (χ1) is 6.09. The predicted molar refractivity (Wildman–Crippen MR) is 55.4 cm³/mol. The SMILES string of the molecule is CC(=S)N=C(N)c1ccc(F)cc1. The minimum Gasteiger partial charge on any atom is -0.383 e. The van der Waals surface area contributed by atoms with Crippen molar-refractivity contribution >= 4 is 23.0 Å². The van der Waals surface area contributed by atoms with Crippen LogP contribution in [0.1, 0.15) is 12.5 Å². The van der Waals surface area contributed by atoms with E-state index in [2.05, 4.69) is 4.99 Å². The number of amidine groups is 1. The van der Waals surface area contributed by atoms with Gasteiger partial charge in [-0.3, -0.25) is 0 Å². The summed E-state index contributed by atoms with van der Waals surface area (Å²) in [5.74, 6) is 0.0168. The molecule has 13 heavy (non-hydrogen) atoms. The third-order valence-electron chi connectivity index (χ3n) is 1.42. The van der Waals surface area contributed by atoms with Crippen LogP contribution in [0.3, 0.4) is 0 Å². The molecule has 0 amide bonds. The fraction of sp³-hybridized carbons (Fsp3) is 0.111. The second kappa shape index (κ2) is 4.09. The van der Waals surface area contributed by atoms with E-state index in [1.165, 1.54) is 12.1 Å². The summed E-state index contributed by atoms with van der Waals surface area (Å²) >= 11 is 4.76. The van der Waals surface area contributed by atoms with Gasteiger partial charge in [-0.15, -0.1) is 0 Å². The lowest BCUT2D eigenvalue weighted by Gasteiger charge is -1.99. The number of rotatable bonds is 1. The first-order valence-electron chi connectivity index (χ1n) is 3.70. The van der Waals surface area contributed by atoms with Crippen LogP contribution in [0.2, 0.25) is 0 Å². The molecule has 1 aromatic rings. The molecule has 0 saturated carbocycles. The van der Waals surface area contributed by atoms with Gasteiger partial charge in [-0.2, -0.15) is 0 Å². The Kier molecular flexibility index (Phi) is 3.08. The number of halogens is 1. The Morgan fingerprint density at radius 3 is 2.38 bits per heavy atom. The average molecular weight is 196 g/mol. The van der Waals surface area contributed by atoms with Crippen molar-refractivity contribution in [3.8, 4) is 0 Å². The van der Waals surface area contributed by atoms with E-state index in [-0.39, 0.29) is 5.82 Å². The van der Waals surface area contributed by atoms with Gasteiger partial charge in [0.05, 0.1) is 0 Å². The Morgan fingerprint density at radius 2 is 1.92 bits per heavy atom. The lowest BCUT2D eigenvalue weighted by molar-refractivity contribution is 0.628. The van der Waals surface area contributed by atoms with E-state index in [4.69, 9.17) is 18.0 Å². The Balaban J connectivity index is 2.96. The van der Waals surface area contributed by atoms with Crippen LogP contribution in [0, 0.1) is 5.82 Å². The van der Waals surface area contributed by atoms with E-state index in [1.54, 1.807) is 19.1 Å². The molecule has 1 aromatic carbocycles. The molecule has 4 heteroatoms. The molecule has 0 aliphatic rings. The Bertz CT molecular complexity index is 343. The first-order valence-corrected chi connectivity index (χ1v) is 4.11. The summed E-state index contributed by atoms with van der Waals surface area (Å²) in [5, 5.41) is 0. The maximum absolute atomic E-state index is 12.5. The second-order valence-electron chi connectivity index (χ2n) is 2.52. The number of hydrogen-bond acceptors (Lipinski definition) is 1. The maximum atomic E-state index is 12.5. The highest BCUT2D eigenvalue weighted by Crippen LogP contribution is 2.02. The monoisotopic (exact) mass is 196 g/mol. The van der Waals surface area contributed by atoms with Crippen LogP contribution in [-0.4, -0.2) is 10.8 Å². The quantitative estimate of drug-likeness (QED) is 0.423. The molecule has 0 atom stereocenters. The smallest absolute Gasteiger partial charge is 0.131 e. The van der Waals surface area contributed by atoms with Crippen molar-refractivity contribution in [1.29, 1.82) is 0 Å². The molecule has 0 bridgehead atoms. The molecular formula is C9H9FN2S. The topological polar surface area (TPSA) is 38.4 Å². The molecule has 0 saturated heterocycles. The summed E-state index contributed by atoms with van der Waals surface area (Å²) in [5.41, 5.74) is 6.26. The molecule has 0 spiro atoms. The third-order valence-corrected chi connectivity index (χ3v) is 1.51. The standard InChI is InChI=1S/C9H9FN2S/c1-6(13)12-9(11)7-2-4-8(10)5-3-7/h2-5H,1H3,(H2,11,12,13). The molecule has 0 aliphatic carbocycles. The molecule has 0 aromatic heterocycles. The molecule has 1 rings (SSSR count). The van der Waals surface area contributed by atoms with Gasteiger partial charge in [0.25, 0.3) is 0 Å². The zero-order valence-electron chi connectivity index (χ0n) is 7.12. The lowest BCUT2D eigenvalue weighted by Crippen LogP contribution is -2.14. The predicted octanol–water partition coefficient (Wildman–Crippen LogP) is 1.88. The normalized spacial score (nSPS) is 11.4. The van der Waals surface area contributed by atoms with Crippen LogP contribution in [0.15, 0.2) is 29.3 Å². The fourth-order valence-corrected chi connectivity index (χ4v) is 0.953. The Labute approximate surface area is 81.3 Å². The van der Waals surface area contributed by atoms with Gasteiger partial charge in [-0.05, 0) is 31.2 Å². The highest BCUT2D eigenvalue weighted by molar-refractivity contribution is 7.80. The molecule has 2 N–H and O–H groups in total. The van der Waals surface area contributed by atoms with Crippen LogP contribution in [0.5, 0.6) is 0 Å². The van der Waals surface area contributed by atoms with Gasteiger partial charge in [-0.1, -0.05) is 12.2 Å². The molecule has 0 fully saturated rings. The van der Waals surface area contributed by atoms with Crippen LogP contribution in [0.25, 0.3) is 0 Å². The summed E-state index contributed by atoms with van der Waals surface area (Å²) < 4.78 is 12.5. The van der Waals surface area contributed by atoms with Crippen LogP contribution >= 0.6 is 12.2 Å².